The van der Waals surface area contributed by atoms with E-state index in [2.05, 4.69) is 312 Å². The molecular weight excluding hydrogens is 1690 g/mol. The van der Waals surface area contributed by atoms with Gasteiger partial charge in [-0.25, -0.2) is 0 Å². The van der Waals surface area contributed by atoms with Crippen LogP contribution in [0.4, 0.5) is 0 Å². The largest absolute Gasteiger partial charge is 0.301 e. The first kappa shape index (κ1) is 80.0. The zero-order valence-electron chi connectivity index (χ0n) is 64.5. The van der Waals surface area contributed by atoms with E-state index in [9.17, 15) is 0 Å². The maximum Gasteiger partial charge on any atom is 0.0298 e. The molecule has 0 aliphatic heterocycles. The van der Waals surface area contributed by atoms with Crippen LogP contribution in [0.15, 0.2) is 33.2 Å². The van der Waals surface area contributed by atoms with Crippen molar-refractivity contribution in [3.05, 3.63) is 258 Å². The average molecular weight is 1790 g/mol. The van der Waals surface area contributed by atoms with E-state index in [-0.39, 0.29) is 40.2 Å². The van der Waals surface area contributed by atoms with Gasteiger partial charge in [0.05, 0.1) is 0 Å². The van der Waals surface area contributed by atoms with Crippen molar-refractivity contribution in [3.63, 3.8) is 0 Å². The van der Waals surface area contributed by atoms with Crippen molar-refractivity contribution >= 4 is 56.2 Å². The Morgan fingerprint density at radius 2 is 0.495 bits per heavy atom. The number of hydrogen-bond donors (Lipinski definition) is 0. The molecule has 99 heavy (non-hydrogen) atoms. The second-order valence-corrected chi connectivity index (χ2v) is 29.9. The van der Waals surface area contributed by atoms with Gasteiger partial charge in [0.1, 0.15) is 0 Å². The van der Waals surface area contributed by atoms with E-state index < -0.39 is 0 Å². The van der Waals surface area contributed by atoms with Gasteiger partial charge in [-0.3, -0.25) is 0 Å². The first-order valence-electron chi connectivity index (χ1n) is 34.3. The molecule has 0 bridgehead atoms. The van der Waals surface area contributed by atoms with Crippen molar-refractivity contribution in [1.29, 1.82) is 0 Å². The van der Waals surface area contributed by atoms with Crippen LogP contribution in [-0.4, -0.2) is 19.9 Å². The van der Waals surface area contributed by atoms with Gasteiger partial charge >= 0.3 is 0 Å². The number of pyridine rings is 4. The third kappa shape index (κ3) is 15.3. The first-order chi connectivity index (χ1) is 45.4. The van der Waals surface area contributed by atoms with E-state index in [1.54, 1.807) is 0 Å². The maximum atomic E-state index is 5.04. The van der Waals surface area contributed by atoms with Gasteiger partial charge in [0.15, 0.2) is 0 Å². The third-order valence-corrected chi connectivity index (χ3v) is 24.4. The number of rotatable bonds is 8. The summed E-state index contributed by atoms with van der Waals surface area (Å²) in [5.74, 6) is 0. The Bertz CT molecular complexity index is 4580. The molecule has 0 fully saturated rings. The van der Waals surface area contributed by atoms with Gasteiger partial charge in [0, 0.05) is 71.9 Å². The van der Waals surface area contributed by atoms with Gasteiger partial charge in [0.2, 0.25) is 0 Å². The van der Waals surface area contributed by atoms with Gasteiger partial charge in [-0.05, 0) is 220 Å². The Morgan fingerprint density at radius 3 is 0.758 bits per heavy atom. The van der Waals surface area contributed by atoms with E-state index in [0.717, 1.165) is 105 Å². The maximum absolute atomic E-state index is 5.04. The van der Waals surface area contributed by atoms with Crippen LogP contribution < -0.4 is 0 Å². The number of aromatic nitrogens is 4. The normalized spacial score (nSPS) is 11.6. The third-order valence-electron chi connectivity index (χ3n) is 23.0. The van der Waals surface area contributed by atoms with Gasteiger partial charge < -0.3 is 19.9 Å². The van der Waals surface area contributed by atoms with Crippen LogP contribution in [-0.2, 0) is 46.6 Å². The standard InChI is InChI=1S/C53H52Br2N2.2C19H24N.2Ir/c1-26-19-46(52-36(11)28(3)30(5)38(13)56-52)34(9)32(7)44(26)17-15-40-22-48-42(24-50(40)54)21-43-25-51(55)41(23-49(43)48)16-18-45-27(2)20-47(35(10)33(45)8)53-37(12)29(4)31(6)39(14)57-53;2*1-10-9-18(15(6)12(3)11(10)2)19-16(7)13(4)14(5)17(8)20-19;;/h15-18,22-25H,21H2,1-14H3;2*1-8H3;;/q-2;2*-1;;/b17-15+,18-16+;;;;. The molecule has 4 aromatic heterocycles. The Labute approximate surface area is 639 Å². The average Bonchev–Trinajstić information content (AvgIpc) is 1.74. The van der Waals surface area contributed by atoms with Crippen LogP contribution in [0, 0.1) is 232 Å². The summed E-state index contributed by atoms with van der Waals surface area (Å²) >= 11 is 7.85. The molecule has 0 N–H and O–H groups in total. The molecule has 520 valence electrons. The summed E-state index contributed by atoms with van der Waals surface area (Å²) in [4.78, 5) is 19.8. The molecule has 0 unspecified atom stereocenters. The molecule has 1 aliphatic carbocycles. The Kier molecular flexibility index (Phi) is 25.4. The molecule has 4 nitrogen and oxygen atoms in total. The Balaban J connectivity index is 0.000000267. The number of benzene rings is 6. The minimum Gasteiger partial charge on any atom is -0.301 e. The van der Waals surface area contributed by atoms with Gasteiger partial charge in [-0.2, -0.15) is 0 Å². The SMILES string of the molecule is Cc1[c-]c(-c2nc(C)c(C)c(C)c2C)c(C)c(C)c1/C=C/c1cc2c(cc1Br)Cc1cc(Br)c(/C=C/c3c(C)[c-]c(-c4nc(C)c(C)c(C)c4C)c(C)c3C)cc1-2.Cc1[c-]c(-c2nc(C)c(C)c(C)c2C)c(C)c(C)c1C.Cc1[c-]c(-c2nc(C)c(C)c(C)c2C)c(C)c(C)c1C.[Ir].[Ir]. The van der Waals surface area contributed by atoms with Crippen molar-refractivity contribution in [2.75, 3.05) is 0 Å². The Hall–Kier alpha value is -6.34. The summed E-state index contributed by atoms with van der Waals surface area (Å²) in [6, 6.07) is 23.9. The minimum atomic E-state index is 0. The molecule has 0 saturated heterocycles. The fourth-order valence-electron chi connectivity index (χ4n) is 13.8. The first-order valence-corrected chi connectivity index (χ1v) is 35.8. The predicted molar refractivity (Wildman–Crippen MR) is 424 cm³/mol. The summed E-state index contributed by atoms with van der Waals surface area (Å²) in [5.41, 5.74) is 56.3. The van der Waals surface area contributed by atoms with E-state index in [0.29, 0.717) is 0 Å². The molecule has 11 rings (SSSR count). The van der Waals surface area contributed by atoms with Crippen molar-refractivity contribution in [1.82, 2.24) is 19.9 Å². The van der Waals surface area contributed by atoms with Crippen LogP contribution in [0.3, 0.4) is 0 Å². The predicted octanol–water partition coefficient (Wildman–Crippen LogP) is 25.2. The van der Waals surface area contributed by atoms with E-state index in [1.165, 1.54) is 167 Å². The number of hydrogen-bond acceptors (Lipinski definition) is 4. The number of halogens is 2. The fraction of sp³-hybridized carbons (Fsp3) is 0.341. The second-order valence-electron chi connectivity index (χ2n) is 28.2. The quantitative estimate of drug-likeness (QED) is 0.112. The summed E-state index contributed by atoms with van der Waals surface area (Å²) in [6.45, 7) is 65.0. The van der Waals surface area contributed by atoms with Crippen molar-refractivity contribution in [2.24, 2.45) is 0 Å². The summed E-state index contributed by atoms with van der Waals surface area (Å²) in [6.07, 6.45) is 9.93. The molecule has 0 atom stereocenters. The van der Waals surface area contributed by atoms with Crippen LogP contribution in [0.25, 0.3) is 80.5 Å². The number of fused-ring (bicyclic) bond motifs is 3. The number of aryl methyl sites for hydroxylation is 8. The van der Waals surface area contributed by atoms with Crippen molar-refractivity contribution < 1.29 is 40.2 Å². The van der Waals surface area contributed by atoms with Crippen LogP contribution in [0.1, 0.15) is 201 Å². The van der Waals surface area contributed by atoms with Gasteiger partial charge in [-0.15, -0.1) is 136 Å². The van der Waals surface area contributed by atoms with Crippen molar-refractivity contribution in [2.45, 2.75) is 214 Å². The van der Waals surface area contributed by atoms with Crippen LogP contribution in [0.5, 0.6) is 0 Å². The smallest absolute Gasteiger partial charge is 0.0298 e. The molecule has 6 aromatic carbocycles. The van der Waals surface area contributed by atoms with E-state index in [4.69, 9.17) is 19.9 Å². The van der Waals surface area contributed by atoms with E-state index >= 15 is 0 Å². The van der Waals surface area contributed by atoms with Gasteiger partial charge in [0.25, 0.3) is 0 Å². The molecule has 0 saturated carbocycles. The molecule has 0 spiro atoms. The van der Waals surface area contributed by atoms with Gasteiger partial charge in [-0.1, -0.05) is 198 Å². The topological polar surface area (TPSA) is 51.6 Å². The molecule has 8 heteroatoms. The molecule has 1 aliphatic rings. The van der Waals surface area contributed by atoms with Crippen molar-refractivity contribution in [3.8, 4) is 56.2 Å². The molecule has 10 aromatic rings. The second kappa shape index (κ2) is 31.5. The fourth-order valence-corrected chi connectivity index (χ4v) is 14.9. The number of nitrogens with zero attached hydrogens (tertiary/aromatic N) is 4. The van der Waals surface area contributed by atoms with Crippen LogP contribution in [0.2, 0.25) is 0 Å². The molecule has 2 radical (unpaired) electrons. The zero-order chi connectivity index (χ0) is 71.7. The molecule has 4 heterocycles. The van der Waals surface area contributed by atoms with E-state index in [1.807, 2.05) is 0 Å². The monoisotopic (exact) mass is 1790 g/mol. The zero-order valence-corrected chi connectivity index (χ0v) is 72.5. The summed E-state index contributed by atoms with van der Waals surface area (Å²) < 4.78 is 2.20. The minimum absolute atomic E-state index is 0. The van der Waals surface area contributed by atoms with Crippen LogP contribution >= 0.6 is 31.9 Å². The molecule has 0 amide bonds. The summed E-state index contributed by atoms with van der Waals surface area (Å²) in [7, 11) is 0. The molecular formula is C91H100Br2Ir2N4-4. The Morgan fingerprint density at radius 1 is 0.263 bits per heavy atom. The summed E-state index contributed by atoms with van der Waals surface area (Å²) in [5, 5.41) is 0.